The molecule has 0 radical (unpaired) electrons. The minimum atomic E-state index is -0.0441. The predicted molar refractivity (Wildman–Crippen MR) is 85.6 cm³/mol. The van der Waals surface area contributed by atoms with Crippen molar-refractivity contribution in [2.24, 2.45) is 5.92 Å². The Morgan fingerprint density at radius 1 is 0.905 bits per heavy atom. The summed E-state index contributed by atoms with van der Waals surface area (Å²) in [5.74, 6) is 0.0387. The molecule has 2 N–H and O–H groups in total. The fourth-order valence-corrected chi connectivity index (χ4v) is 2.08. The van der Waals surface area contributed by atoms with E-state index < -0.39 is 0 Å². The van der Waals surface area contributed by atoms with Gasteiger partial charge in [0.25, 0.3) is 0 Å². The van der Waals surface area contributed by atoms with E-state index in [0.717, 1.165) is 12.1 Å². The highest BCUT2D eigenvalue weighted by Crippen LogP contribution is 2.01. The van der Waals surface area contributed by atoms with Crippen LogP contribution in [0, 0.1) is 5.92 Å². The van der Waals surface area contributed by atoms with E-state index >= 15 is 0 Å². The molecule has 0 aliphatic rings. The minimum Gasteiger partial charge on any atom is -0.352 e. The molecule has 110 valence electrons. The fourth-order valence-electron chi connectivity index (χ4n) is 2.08. The van der Waals surface area contributed by atoms with Gasteiger partial charge in [-0.05, 0) is 11.1 Å². The average molecular weight is 282 g/mol. The first-order valence-corrected chi connectivity index (χ1v) is 7.32. The van der Waals surface area contributed by atoms with Gasteiger partial charge in [0.2, 0.25) is 5.91 Å². The Morgan fingerprint density at radius 2 is 1.43 bits per heavy atom. The Kier molecular flexibility index (Phi) is 5.98. The molecule has 2 aromatic carbocycles. The summed E-state index contributed by atoms with van der Waals surface area (Å²) >= 11 is 0. The molecule has 21 heavy (non-hydrogen) atoms. The lowest BCUT2D eigenvalue weighted by atomic mass is 10.1. The second-order valence-electron chi connectivity index (χ2n) is 5.22. The van der Waals surface area contributed by atoms with Gasteiger partial charge in [0, 0.05) is 25.6 Å². The second-order valence-corrected chi connectivity index (χ2v) is 5.22. The number of carbonyl (C=O) groups excluding carboxylic acids is 1. The Labute approximate surface area is 126 Å². The summed E-state index contributed by atoms with van der Waals surface area (Å²) < 4.78 is 0. The van der Waals surface area contributed by atoms with Crippen molar-refractivity contribution in [1.29, 1.82) is 0 Å². The highest BCUT2D eigenvalue weighted by Gasteiger charge is 2.11. The molecule has 0 fully saturated rings. The van der Waals surface area contributed by atoms with Crippen molar-refractivity contribution in [1.82, 2.24) is 10.6 Å². The first kappa shape index (κ1) is 15.3. The van der Waals surface area contributed by atoms with Gasteiger partial charge in [0.05, 0.1) is 0 Å². The molecule has 2 rings (SSSR count). The molecular formula is C18H22N2O. The van der Waals surface area contributed by atoms with E-state index in [-0.39, 0.29) is 11.8 Å². The van der Waals surface area contributed by atoms with Gasteiger partial charge in [0.15, 0.2) is 0 Å². The Hall–Kier alpha value is -2.13. The summed E-state index contributed by atoms with van der Waals surface area (Å²) in [6.45, 7) is 3.99. The highest BCUT2D eigenvalue weighted by atomic mass is 16.1. The maximum Gasteiger partial charge on any atom is 0.224 e. The second kappa shape index (κ2) is 8.22. The van der Waals surface area contributed by atoms with E-state index in [2.05, 4.69) is 22.8 Å². The van der Waals surface area contributed by atoms with Crippen molar-refractivity contribution in [2.75, 3.05) is 6.54 Å². The van der Waals surface area contributed by atoms with E-state index in [1.54, 1.807) is 0 Å². The molecule has 2 aromatic rings. The standard InChI is InChI=1S/C18H22N2O/c1-15(12-19-13-16-8-4-2-5-9-16)18(21)20-14-17-10-6-3-7-11-17/h2-11,15,19H,12-14H2,1H3,(H,20,21)/t15-/m0/s1. The highest BCUT2D eigenvalue weighted by molar-refractivity contribution is 5.78. The zero-order valence-electron chi connectivity index (χ0n) is 12.4. The average Bonchev–Trinajstić information content (AvgIpc) is 2.54. The molecule has 0 saturated heterocycles. The monoisotopic (exact) mass is 282 g/mol. The summed E-state index contributed by atoms with van der Waals surface area (Å²) in [5, 5.41) is 6.29. The maximum absolute atomic E-state index is 12.0. The van der Waals surface area contributed by atoms with Crippen molar-refractivity contribution in [3.8, 4) is 0 Å². The number of benzene rings is 2. The molecule has 3 nitrogen and oxygen atoms in total. The van der Waals surface area contributed by atoms with E-state index in [4.69, 9.17) is 0 Å². The van der Waals surface area contributed by atoms with Gasteiger partial charge >= 0.3 is 0 Å². The van der Waals surface area contributed by atoms with Gasteiger partial charge in [-0.25, -0.2) is 0 Å². The molecule has 1 amide bonds. The predicted octanol–water partition coefficient (Wildman–Crippen LogP) is 2.73. The number of carbonyl (C=O) groups is 1. The van der Waals surface area contributed by atoms with Crippen molar-refractivity contribution in [3.05, 3.63) is 71.8 Å². The number of hydrogen-bond donors (Lipinski definition) is 2. The van der Waals surface area contributed by atoms with Gasteiger partial charge in [-0.15, -0.1) is 0 Å². The molecule has 0 bridgehead atoms. The summed E-state index contributed by atoms with van der Waals surface area (Å²) in [7, 11) is 0. The zero-order valence-corrected chi connectivity index (χ0v) is 12.4. The smallest absolute Gasteiger partial charge is 0.224 e. The molecular weight excluding hydrogens is 260 g/mol. The molecule has 0 spiro atoms. The van der Waals surface area contributed by atoms with Crippen LogP contribution < -0.4 is 10.6 Å². The van der Waals surface area contributed by atoms with Crippen LogP contribution in [-0.2, 0) is 17.9 Å². The molecule has 0 saturated carbocycles. The third-order valence-corrected chi connectivity index (χ3v) is 3.38. The van der Waals surface area contributed by atoms with Gasteiger partial charge in [-0.3, -0.25) is 4.79 Å². The van der Waals surface area contributed by atoms with Crippen molar-refractivity contribution >= 4 is 5.91 Å². The molecule has 1 atom stereocenters. The lowest BCUT2D eigenvalue weighted by Gasteiger charge is -2.13. The molecule has 0 aliphatic carbocycles. The maximum atomic E-state index is 12.0. The quantitative estimate of drug-likeness (QED) is 0.820. The van der Waals surface area contributed by atoms with Crippen LogP contribution in [0.15, 0.2) is 60.7 Å². The third-order valence-electron chi connectivity index (χ3n) is 3.38. The molecule has 0 heterocycles. The normalized spacial score (nSPS) is 11.9. The lowest BCUT2D eigenvalue weighted by molar-refractivity contribution is -0.124. The fraction of sp³-hybridized carbons (Fsp3) is 0.278. The van der Waals surface area contributed by atoms with Crippen molar-refractivity contribution in [2.45, 2.75) is 20.0 Å². The van der Waals surface area contributed by atoms with E-state index in [1.807, 2.05) is 55.5 Å². The SMILES string of the molecule is C[C@@H](CNCc1ccccc1)C(=O)NCc1ccccc1. The van der Waals surface area contributed by atoms with E-state index in [9.17, 15) is 4.79 Å². The Morgan fingerprint density at radius 3 is 2.00 bits per heavy atom. The summed E-state index contributed by atoms with van der Waals surface area (Å²) in [5.41, 5.74) is 2.35. The van der Waals surface area contributed by atoms with Crippen LogP contribution in [0.2, 0.25) is 0 Å². The molecule has 0 unspecified atom stereocenters. The largest absolute Gasteiger partial charge is 0.352 e. The van der Waals surface area contributed by atoms with Gasteiger partial charge in [-0.2, -0.15) is 0 Å². The van der Waals surface area contributed by atoms with Crippen molar-refractivity contribution in [3.63, 3.8) is 0 Å². The zero-order chi connectivity index (χ0) is 14.9. The molecule has 0 aromatic heterocycles. The van der Waals surface area contributed by atoms with Crippen LogP contribution in [0.3, 0.4) is 0 Å². The van der Waals surface area contributed by atoms with Crippen LogP contribution in [-0.4, -0.2) is 12.5 Å². The number of rotatable bonds is 7. The number of amides is 1. The Bertz CT molecular complexity index is 540. The van der Waals surface area contributed by atoms with Crippen molar-refractivity contribution < 1.29 is 4.79 Å². The van der Waals surface area contributed by atoms with Crippen LogP contribution >= 0.6 is 0 Å². The van der Waals surface area contributed by atoms with Gasteiger partial charge < -0.3 is 10.6 Å². The van der Waals surface area contributed by atoms with E-state index in [1.165, 1.54) is 5.56 Å². The third kappa shape index (κ3) is 5.40. The Balaban J connectivity index is 1.68. The minimum absolute atomic E-state index is 0.0441. The first-order chi connectivity index (χ1) is 10.3. The molecule has 0 aliphatic heterocycles. The van der Waals surface area contributed by atoms with Crippen LogP contribution in [0.1, 0.15) is 18.1 Å². The van der Waals surface area contributed by atoms with Gasteiger partial charge in [0.1, 0.15) is 0 Å². The topological polar surface area (TPSA) is 41.1 Å². The molecule has 3 heteroatoms. The van der Waals surface area contributed by atoms with E-state index in [0.29, 0.717) is 13.1 Å². The van der Waals surface area contributed by atoms with Crippen LogP contribution in [0.4, 0.5) is 0 Å². The summed E-state index contributed by atoms with van der Waals surface area (Å²) in [6, 6.07) is 20.2. The summed E-state index contributed by atoms with van der Waals surface area (Å²) in [4.78, 5) is 12.0. The number of nitrogens with one attached hydrogen (secondary N) is 2. The lowest BCUT2D eigenvalue weighted by Crippen LogP contribution is -2.34. The first-order valence-electron chi connectivity index (χ1n) is 7.32. The van der Waals surface area contributed by atoms with Crippen LogP contribution in [0.5, 0.6) is 0 Å². The summed E-state index contributed by atoms with van der Waals surface area (Å²) in [6.07, 6.45) is 0. The van der Waals surface area contributed by atoms with Gasteiger partial charge in [-0.1, -0.05) is 67.6 Å². The number of hydrogen-bond acceptors (Lipinski definition) is 2. The van der Waals surface area contributed by atoms with Crippen LogP contribution in [0.25, 0.3) is 0 Å².